The highest BCUT2D eigenvalue weighted by Gasteiger charge is 2.01. The Labute approximate surface area is 96.7 Å². The number of carboxylic acid groups (broad SMARTS) is 1. The molecule has 2 amide bonds. The quantitative estimate of drug-likeness (QED) is 0.651. The van der Waals surface area contributed by atoms with E-state index in [1.807, 2.05) is 0 Å². The summed E-state index contributed by atoms with van der Waals surface area (Å²) in [4.78, 5) is 32.0. The van der Waals surface area contributed by atoms with Crippen LogP contribution in [-0.4, -0.2) is 17.8 Å². The number of nitrogens with one attached hydrogen (secondary N) is 1. The van der Waals surface area contributed by atoms with Gasteiger partial charge in [0.1, 0.15) is 0 Å². The summed E-state index contributed by atoms with van der Waals surface area (Å²) in [7, 11) is 0. The van der Waals surface area contributed by atoms with Crippen molar-refractivity contribution in [3.8, 4) is 0 Å². The van der Waals surface area contributed by atoms with Gasteiger partial charge >= 0.3 is 0 Å². The molecule has 6 nitrogen and oxygen atoms in total. The lowest BCUT2D eigenvalue weighted by molar-refractivity contribution is -0.297. The molecule has 17 heavy (non-hydrogen) atoms. The van der Waals surface area contributed by atoms with Gasteiger partial charge in [0, 0.05) is 17.3 Å². The maximum atomic E-state index is 11.2. The summed E-state index contributed by atoms with van der Waals surface area (Å²) in [5, 5.41) is 12.4. The van der Waals surface area contributed by atoms with Crippen LogP contribution in [0.2, 0.25) is 0 Å². The Hall–Kier alpha value is -2.63. The van der Waals surface area contributed by atoms with Crippen LogP contribution < -0.4 is 16.2 Å². The molecule has 0 aliphatic heterocycles. The molecule has 0 aliphatic rings. The molecule has 0 aliphatic carbocycles. The van der Waals surface area contributed by atoms with E-state index in [1.54, 1.807) is 0 Å². The highest BCUT2D eigenvalue weighted by atomic mass is 16.4. The zero-order chi connectivity index (χ0) is 12.8. The Morgan fingerprint density at radius 2 is 1.71 bits per heavy atom. The van der Waals surface area contributed by atoms with Crippen LogP contribution in [0, 0.1) is 0 Å². The van der Waals surface area contributed by atoms with Crippen LogP contribution in [0.25, 0.3) is 0 Å². The van der Waals surface area contributed by atoms with Gasteiger partial charge in [0.05, 0.1) is 5.97 Å². The van der Waals surface area contributed by atoms with Crippen molar-refractivity contribution in [2.24, 2.45) is 5.73 Å². The van der Waals surface area contributed by atoms with Gasteiger partial charge in [0.25, 0.3) is 0 Å². The van der Waals surface area contributed by atoms with E-state index in [0.29, 0.717) is 17.3 Å². The first-order chi connectivity index (χ1) is 7.99. The number of rotatable bonds is 4. The molecule has 0 saturated carbocycles. The van der Waals surface area contributed by atoms with Crippen LogP contribution >= 0.6 is 0 Å². The fourth-order valence-corrected chi connectivity index (χ4v) is 1.05. The molecular weight excluding hydrogens is 224 g/mol. The molecule has 6 heteroatoms. The smallest absolute Gasteiger partial charge is 0.248 e. The summed E-state index contributed by atoms with van der Waals surface area (Å²) in [5.41, 5.74) is 5.77. The molecule has 1 rings (SSSR count). The average molecular weight is 233 g/mol. The van der Waals surface area contributed by atoms with Crippen molar-refractivity contribution >= 4 is 23.5 Å². The molecule has 0 heterocycles. The first-order valence-electron chi connectivity index (χ1n) is 4.59. The van der Waals surface area contributed by atoms with Gasteiger partial charge in [-0.15, -0.1) is 0 Å². The monoisotopic (exact) mass is 233 g/mol. The molecule has 0 fully saturated rings. The Kier molecular flexibility index (Phi) is 3.99. The van der Waals surface area contributed by atoms with Gasteiger partial charge in [-0.05, 0) is 30.3 Å². The second kappa shape index (κ2) is 5.45. The number of primary amides is 1. The molecule has 0 aromatic heterocycles. The minimum Gasteiger partial charge on any atom is -0.545 e. The van der Waals surface area contributed by atoms with Crippen molar-refractivity contribution in [2.45, 2.75) is 0 Å². The number of carbonyl (C=O) groups is 3. The molecule has 0 bridgehead atoms. The fourth-order valence-electron chi connectivity index (χ4n) is 1.05. The minimum atomic E-state index is -1.45. The van der Waals surface area contributed by atoms with Crippen molar-refractivity contribution in [1.29, 1.82) is 0 Å². The molecular formula is C11H9N2O4-. The largest absolute Gasteiger partial charge is 0.545 e. The Morgan fingerprint density at radius 1 is 1.12 bits per heavy atom. The molecule has 88 valence electrons. The fraction of sp³-hybridized carbons (Fsp3) is 0. The third-order valence-electron chi connectivity index (χ3n) is 1.81. The third-order valence-corrected chi connectivity index (χ3v) is 1.81. The summed E-state index contributed by atoms with van der Waals surface area (Å²) in [6.07, 6.45) is 1.45. The van der Waals surface area contributed by atoms with Crippen LogP contribution in [0.4, 0.5) is 5.69 Å². The number of hydrogen-bond donors (Lipinski definition) is 2. The lowest BCUT2D eigenvalue weighted by Crippen LogP contribution is -2.20. The predicted octanol–water partition coefficient (Wildman–Crippen LogP) is -0.970. The van der Waals surface area contributed by atoms with Crippen LogP contribution in [0.3, 0.4) is 0 Å². The van der Waals surface area contributed by atoms with Gasteiger partial charge < -0.3 is 21.0 Å². The van der Waals surface area contributed by atoms with Gasteiger partial charge in [0.15, 0.2) is 0 Å². The molecule has 0 spiro atoms. The van der Waals surface area contributed by atoms with Crippen molar-refractivity contribution in [3.63, 3.8) is 0 Å². The molecule has 3 N–H and O–H groups in total. The summed E-state index contributed by atoms with van der Waals surface area (Å²) >= 11 is 0. The van der Waals surface area contributed by atoms with Crippen LogP contribution in [0.15, 0.2) is 36.4 Å². The molecule has 1 aromatic rings. The summed E-state index contributed by atoms with van der Waals surface area (Å²) in [5.74, 6) is -2.63. The van der Waals surface area contributed by atoms with Crippen LogP contribution in [-0.2, 0) is 9.59 Å². The number of nitrogens with two attached hydrogens (primary N) is 1. The molecule has 0 atom stereocenters. The topological polar surface area (TPSA) is 112 Å². The number of carboxylic acids is 1. The highest BCUT2D eigenvalue weighted by molar-refractivity contribution is 6.02. The van der Waals surface area contributed by atoms with Gasteiger partial charge in [0.2, 0.25) is 11.8 Å². The molecule has 0 saturated heterocycles. The van der Waals surface area contributed by atoms with Gasteiger partial charge in [-0.2, -0.15) is 0 Å². The summed E-state index contributed by atoms with van der Waals surface area (Å²) in [6.45, 7) is 0. The summed E-state index contributed by atoms with van der Waals surface area (Å²) < 4.78 is 0. The molecule has 0 unspecified atom stereocenters. The van der Waals surface area contributed by atoms with Crippen LogP contribution in [0.1, 0.15) is 10.4 Å². The Bertz CT molecular complexity index is 477. The van der Waals surface area contributed by atoms with Gasteiger partial charge in [-0.3, -0.25) is 9.59 Å². The van der Waals surface area contributed by atoms with E-state index in [9.17, 15) is 19.5 Å². The van der Waals surface area contributed by atoms with Crippen molar-refractivity contribution in [1.82, 2.24) is 0 Å². The number of hydrogen-bond acceptors (Lipinski definition) is 4. The zero-order valence-electron chi connectivity index (χ0n) is 8.67. The van der Waals surface area contributed by atoms with E-state index in [2.05, 4.69) is 5.32 Å². The number of carbonyl (C=O) groups excluding carboxylic acids is 3. The normalized spacial score (nSPS) is 10.1. The van der Waals surface area contributed by atoms with Crippen molar-refractivity contribution in [3.05, 3.63) is 42.0 Å². The Balaban J connectivity index is 2.66. The minimum absolute atomic E-state index is 0.313. The highest BCUT2D eigenvalue weighted by Crippen LogP contribution is 2.08. The van der Waals surface area contributed by atoms with E-state index in [0.717, 1.165) is 6.08 Å². The van der Waals surface area contributed by atoms with Crippen LogP contribution in [0.5, 0.6) is 0 Å². The lowest BCUT2D eigenvalue weighted by Gasteiger charge is -2.02. The second-order valence-electron chi connectivity index (χ2n) is 3.08. The zero-order valence-corrected chi connectivity index (χ0v) is 8.67. The molecule has 1 aromatic carbocycles. The van der Waals surface area contributed by atoms with E-state index in [1.165, 1.54) is 24.3 Å². The molecule has 0 radical (unpaired) electrons. The number of anilines is 1. The maximum absolute atomic E-state index is 11.2. The standard InChI is InChI=1S/C11H10N2O4/c12-11(17)7-1-3-8(4-2-7)13-9(14)5-6-10(15)16/h1-6H,(H2,12,17)(H,13,14)(H,15,16)/p-1/b6-5+. The number of benzene rings is 1. The van der Waals surface area contributed by atoms with E-state index >= 15 is 0 Å². The van der Waals surface area contributed by atoms with E-state index in [-0.39, 0.29) is 0 Å². The number of amides is 2. The Morgan fingerprint density at radius 3 is 2.18 bits per heavy atom. The predicted molar refractivity (Wildman–Crippen MR) is 57.7 cm³/mol. The lowest BCUT2D eigenvalue weighted by atomic mass is 10.2. The van der Waals surface area contributed by atoms with Crippen molar-refractivity contribution < 1.29 is 19.5 Å². The third kappa shape index (κ3) is 4.17. The second-order valence-corrected chi connectivity index (χ2v) is 3.08. The SMILES string of the molecule is NC(=O)c1ccc(NC(=O)/C=C/C(=O)[O-])cc1. The van der Waals surface area contributed by atoms with Crippen molar-refractivity contribution in [2.75, 3.05) is 5.32 Å². The maximum Gasteiger partial charge on any atom is 0.248 e. The van der Waals surface area contributed by atoms with E-state index in [4.69, 9.17) is 5.73 Å². The first kappa shape index (κ1) is 12.4. The summed E-state index contributed by atoms with van der Waals surface area (Å²) in [6, 6.07) is 5.84. The first-order valence-corrected chi connectivity index (χ1v) is 4.59. The van der Waals surface area contributed by atoms with Gasteiger partial charge in [-0.1, -0.05) is 0 Å². The average Bonchev–Trinajstić information content (AvgIpc) is 2.27. The number of aliphatic carboxylic acids is 1. The van der Waals surface area contributed by atoms with Gasteiger partial charge in [-0.25, -0.2) is 0 Å². The van der Waals surface area contributed by atoms with E-state index < -0.39 is 17.8 Å².